The first-order valence-corrected chi connectivity index (χ1v) is 9.91. The van der Waals surface area contributed by atoms with Crippen LogP contribution in [0.2, 0.25) is 0 Å². The summed E-state index contributed by atoms with van der Waals surface area (Å²) < 4.78 is 0. The predicted octanol–water partition coefficient (Wildman–Crippen LogP) is 6.13. The van der Waals surface area contributed by atoms with Crippen molar-refractivity contribution in [3.63, 3.8) is 0 Å². The van der Waals surface area contributed by atoms with Crippen molar-refractivity contribution in [2.75, 3.05) is 0 Å². The third-order valence-electron chi connectivity index (χ3n) is 5.35. The first-order valence-electron chi connectivity index (χ1n) is 9.91. The van der Waals surface area contributed by atoms with Gasteiger partial charge in [0, 0.05) is 17.2 Å². The standard InChI is InChI=1S/C26H23NO2/c28-25(29)18-19-11-12-23(17-19)20-13-15-24(16-14-20)27-26(21-7-3-1-4-8-21)22-9-5-2-6-10-22/h1-10,13-16,18,23H,11-12,17H2,(H,28,29)/t23-/m1/s1. The first-order chi connectivity index (χ1) is 14.2. The van der Waals surface area contributed by atoms with Crippen LogP contribution < -0.4 is 0 Å². The second-order valence-corrected chi connectivity index (χ2v) is 7.36. The van der Waals surface area contributed by atoms with Crippen LogP contribution in [-0.4, -0.2) is 16.8 Å². The van der Waals surface area contributed by atoms with Gasteiger partial charge in [0.05, 0.1) is 11.4 Å². The molecule has 1 N–H and O–H groups in total. The highest BCUT2D eigenvalue weighted by atomic mass is 16.4. The van der Waals surface area contributed by atoms with Gasteiger partial charge in [0.2, 0.25) is 0 Å². The molecule has 0 aromatic heterocycles. The molecular weight excluding hydrogens is 358 g/mol. The van der Waals surface area contributed by atoms with E-state index in [1.165, 1.54) is 11.6 Å². The van der Waals surface area contributed by atoms with Crippen LogP contribution in [0.25, 0.3) is 0 Å². The van der Waals surface area contributed by atoms with E-state index in [0.717, 1.165) is 47.4 Å². The van der Waals surface area contributed by atoms with E-state index < -0.39 is 5.97 Å². The molecule has 1 atom stereocenters. The molecule has 1 aliphatic carbocycles. The molecule has 144 valence electrons. The van der Waals surface area contributed by atoms with Crippen LogP contribution in [0.4, 0.5) is 5.69 Å². The smallest absolute Gasteiger partial charge is 0.328 e. The second kappa shape index (κ2) is 8.70. The summed E-state index contributed by atoms with van der Waals surface area (Å²) in [4.78, 5) is 15.8. The van der Waals surface area contributed by atoms with Crippen LogP contribution in [-0.2, 0) is 4.79 Å². The molecule has 1 aliphatic rings. The van der Waals surface area contributed by atoms with Crippen LogP contribution in [0.5, 0.6) is 0 Å². The molecule has 3 aromatic rings. The highest BCUT2D eigenvalue weighted by molar-refractivity contribution is 6.13. The zero-order valence-electron chi connectivity index (χ0n) is 16.2. The van der Waals surface area contributed by atoms with Gasteiger partial charge in [-0.25, -0.2) is 9.79 Å². The first kappa shape index (κ1) is 18.9. The van der Waals surface area contributed by atoms with Crippen molar-refractivity contribution in [2.45, 2.75) is 25.2 Å². The highest BCUT2D eigenvalue weighted by Gasteiger charge is 2.21. The zero-order valence-corrected chi connectivity index (χ0v) is 16.2. The molecule has 0 radical (unpaired) electrons. The Kier molecular flexibility index (Phi) is 5.66. The van der Waals surface area contributed by atoms with Gasteiger partial charge in [-0.15, -0.1) is 0 Å². The third kappa shape index (κ3) is 4.69. The monoisotopic (exact) mass is 381 g/mol. The Bertz CT molecular complexity index is 994. The Hall–Kier alpha value is -3.46. The summed E-state index contributed by atoms with van der Waals surface area (Å²) in [6.45, 7) is 0. The summed E-state index contributed by atoms with van der Waals surface area (Å²) in [5.41, 5.74) is 6.31. The molecule has 0 aliphatic heterocycles. The van der Waals surface area contributed by atoms with E-state index in [1.807, 2.05) is 36.4 Å². The van der Waals surface area contributed by atoms with Gasteiger partial charge in [0.25, 0.3) is 0 Å². The fourth-order valence-electron chi connectivity index (χ4n) is 3.91. The van der Waals surface area contributed by atoms with E-state index in [2.05, 4.69) is 48.5 Å². The van der Waals surface area contributed by atoms with Crippen LogP contribution in [0, 0.1) is 0 Å². The van der Waals surface area contributed by atoms with Crippen molar-refractivity contribution in [3.05, 3.63) is 113 Å². The summed E-state index contributed by atoms with van der Waals surface area (Å²) in [6, 6.07) is 28.8. The van der Waals surface area contributed by atoms with E-state index in [4.69, 9.17) is 10.1 Å². The maximum absolute atomic E-state index is 10.9. The minimum absolute atomic E-state index is 0.390. The minimum Gasteiger partial charge on any atom is -0.478 e. The Morgan fingerprint density at radius 1 is 0.862 bits per heavy atom. The largest absolute Gasteiger partial charge is 0.478 e. The molecular formula is C26H23NO2. The van der Waals surface area contributed by atoms with Crippen molar-refractivity contribution in [3.8, 4) is 0 Å². The van der Waals surface area contributed by atoms with Gasteiger partial charge < -0.3 is 5.11 Å². The Labute approximate surface area is 171 Å². The van der Waals surface area contributed by atoms with Gasteiger partial charge in [-0.05, 0) is 42.9 Å². The minimum atomic E-state index is -0.848. The van der Waals surface area contributed by atoms with E-state index >= 15 is 0 Å². The molecule has 1 fully saturated rings. The molecule has 1 saturated carbocycles. The second-order valence-electron chi connectivity index (χ2n) is 7.36. The number of aliphatic carboxylic acids is 1. The average Bonchev–Trinajstić information content (AvgIpc) is 3.21. The predicted molar refractivity (Wildman–Crippen MR) is 117 cm³/mol. The normalized spacial score (nSPS) is 17.2. The van der Waals surface area contributed by atoms with Gasteiger partial charge >= 0.3 is 5.97 Å². The highest BCUT2D eigenvalue weighted by Crippen LogP contribution is 2.38. The Morgan fingerprint density at radius 2 is 1.45 bits per heavy atom. The van der Waals surface area contributed by atoms with Crippen molar-refractivity contribution in [1.29, 1.82) is 0 Å². The molecule has 3 nitrogen and oxygen atoms in total. The fraction of sp³-hybridized carbons (Fsp3) is 0.154. The molecule has 0 heterocycles. The number of carboxylic acids is 1. The maximum Gasteiger partial charge on any atom is 0.328 e. The Morgan fingerprint density at radius 3 is 2.00 bits per heavy atom. The van der Waals surface area contributed by atoms with Crippen molar-refractivity contribution in [1.82, 2.24) is 0 Å². The van der Waals surface area contributed by atoms with E-state index in [9.17, 15) is 4.79 Å². The number of nitrogens with zero attached hydrogens (tertiary/aromatic N) is 1. The van der Waals surface area contributed by atoms with Gasteiger partial charge in [0.15, 0.2) is 0 Å². The number of hydrogen-bond acceptors (Lipinski definition) is 2. The molecule has 0 spiro atoms. The van der Waals surface area contributed by atoms with Crippen LogP contribution in [0.15, 0.2) is 102 Å². The summed E-state index contributed by atoms with van der Waals surface area (Å²) >= 11 is 0. The lowest BCUT2D eigenvalue weighted by molar-refractivity contribution is -0.131. The SMILES string of the molecule is O=C(O)C=C1CC[C@@H](c2ccc(N=C(c3ccccc3)c3ccccc3)cc2)C1. The number of carboxylic acid groups (broad SMARTS) is 1. The molecule has 0 amide bonds. The summed E-state index contributed by atoms with van der Waals surface area (Å²) in [7, 11) is 0. The fourth-order valence-corrected chi connectivity index (χ4v) is 3.91. The number of carbonyl (C=O) groups is 1. The summed E-state index contributed by atoms with van der Waals surface area (Å²) in [5, 5.41) is 8.95. The molecule has 3 aromatic carbocycles. The van der Waals surface area contributed by atoms with E-state index in [-0.39, 0.29) is 0 Å². The number of rotatable bonds is 5. The quantitative estimate of drug-likeness (QED) is 0.427. The Balaban J connectivity index is 1.60. The van der Waals surface area contributed by atoms with Crippen molar-refractivity contribution in [2.24, 2.45) is 4.99 Å². The van der Waals surface area contributed by atoms with Crippen LogP contribution in [0.1, 0.15) is 41.9 Å². The van der Waals surface area contributed by atoms with Gasteiger partial charge in [-0.2, -0.15) is 0 Å². The molecule has 0 unspecified atom stereocenters. The summed E-state index contributed by atoms with van der Waals surface area (Å²) in [6.07, 6.45) is 4.06. The maximum atomic E-state index is 10.9. The molecule has 3 heteroatoms. The van der Waals surface area contributed by atoms with Gasteiger partial charge in [-0.3, -0.25) is 0 Å². The number of hydrogen-bond donors (Lipinski definition) is 1. The number of aliphatic imine (C=N–C) groups is 1. The van der Waals surface area contributed by atoms with Crippen molar-refractivity contribution < 1.29 is 9.90 Å². The summed E-state index contributed by atoms with van der Waals surface area (Å²) in [5.74, 6) is -0.457. The van der Waals surface area contributed by atoms with E-state index in [1.54, 1.807) is 0 Å². The van der Waals surface area contributed by atoms with E-state index in [0.29, 0.717) is 5.92 Å². The van der Waals surface area contributed by atoms with Crippen LogP contribution in [0.3, 0.4) is 0 Å². The number of benzene rings is 3. The molecule has 29 heavy (non-hydrogen) atoms. The third-order valence-corrected chi connectivity index (χ3v) is 5.35. The van der Waals surface area contributed by atoms with Crippen LogP contribution >= 0.6 is 0 Å². The van der Waals surface area contributed by atoms with Gasteiger partial charge in [-0.1, -0.05) is 78.4 Å². The molecule has 0 saturated heterocycles. The topological polar surface area (TPSA) is 49.7 Å². The lowest BCUT2D eigenvalue weighted by Gasteiger charge is -2.11. The van der Waals surface area contributed by atoms with Gasteiger partial charge in [0.1, 0.15) is 0 Å². The number of allylic oxidation sites excluding steroid dienone is 1. The molecule has 4 rings (SSSR count). The average molecular weight is 381 g/mol. The lowest BCUT2D eigenvalue weighted by atomic mass is 9.97. The van der Waals surface area contributed by atoms with Crippen molar-refractivity contribution >= 4 is 17.4 Å². The zero-order chi connectivity index (χ0) is 20.1. The lowest BCUT2D eigenvalue weighted by Crippen LogP contribution is -2.02. The molecule has 0 bridgehead atoms.